The first-order chi connectivity index (χ1) is 13.3. The number of amides is 1. The zero-order valence-electron chi connectivity index (χ0n) is 16.3. The minimum absolute atomic E-state index is 0.0316. The number of nitrogens with zero attached hydrogens (tertiary/aromatic N) is 3. The summed E-state index contributed by atoms with van der Waals surface area (Å²) in [6, 6.07) is 11.2. The molecule has 0 bridgehead atoms. The molecule has 1 aliphatic rings. The summed E-state index contributed by atoms with van der Waals surface area (Å²) in [7, 11) is 0. The van der Waals surface area contributed by atoms with E-state index in [2.05, 4.69) is 20.2 Å². The van der Waals surface area contributed by atoms with Crippen molar-refractivity contribution in [3.05, 3.63) is 41.6 Å². The van der Waals surface area contributed by atoms with Crippen LogP contribution in [0.1, 0.15) is 33.6 Å². The number of benzene rings is 1. The van der Waals surface area contributed by atoms with Gasteiger partial charge in [0, 0.05) is 25.2 Å². The Balaban J connectivity index is 1.68. The Hall–Kier alpha value is -2.54. The van der Waals surface area contributed by atoms with Crippen molar-refractivity contribution >= 4 is 23.5 Å². The van der Waals surface area contributed by atoms with Crippen LogP contribution in [0.15, 0.2) is 36.4 Å². The lowest BCUT2D eigenvalue weighted by Gasteiger charge is -2.34. The maximum absolute atomic E-state index is 12.1. The minimum Gasteiger partial charge on any atom is -0.444 e. The van der Waals surface area contributed by atoms with E-state index in [4.69, 9.17) is 21.1 Å². The molecule has 0 radical (unpaired) electrons. The van der Waals surface area contributed by atoms with Gasteiger partial charge in [-0.1, -0.05) is 29.8 Å². The van der Waals surface area contributed by atoms with Gasteiger partial charge in [0.15, 0.2) is 0 Å². The number of hydrogen-bond donors (Lipinski definition) is 1. The topological polar surface area (TPSA) is 76.6 Å². The van der Waals surface area contributed by atoms with Gasteiger partial charge >= 0.3 is 12.1 Å². The van der Waals surface area contributed by atoms with Crippen molar-refractivity contribution in [3.8, 4) is 11.8 Å². The summed E-state index contributed by atoms with van der Waals surface area (Å²) in [5.74, 6) is 1.31. The van der Waals surface area contributed by atoms with E-state index in [0.717, 1.165) is 19.4 Å². The van der Waals surface area contributed by atoms with Crippen LogP contribution in [0.2, 0.25) is 5.15 Å². The molecule has 0 aliphatic carbocycles. The van der Waals surface area contributed by atoms with E-state index in [9.17, 15) is 4.79 Å². The van der Waals surface area contributed by atoms with Gasteiger partial charge < -0.3 is 19.7 Å². The summed E-state index contributed by atoms with van der Waals surface area (Å²) in [4.78, 5) is 22.8. The lowest BCUT2D eigenvalue weighted by Crippen LogP contribution is -2.49. The third-order valence-electron chi connectivity index (χ3n) is 4.08. The molecule has 1 fully saturated rings. The molecule has 2 heterocycles. The van der Waals surface area contributed by atoms with Gasteiger partial charge in [-0.05, 0) is 45.7 Å². The average Bonchev–Trinajstić information content (AvgIpc) is 2.60. The Kier molecular flexibility index (Phi) is 6.24. The number of hydrogen-bond acceptors (Lipinski definition) is 6. The van der Waals surface area contributed by atoms with E-state index < -0.39 is 11.7 Å². The molecule has 0 unspecified atom stereocenters. The number of para-hydroxylation sites is 1. The highest BCUT2D eigenvalue weighted by Gasteiger charge is 2.25. The van der Waals surface area contributed by atoms with Gasteiger partial charge in [0.05, 0.1) is 0 Å². The van der Waals surface area contributed by atoms with E-state index in [1.807, 2.05) is 51.1 Å². The highest BCUT2D eigenvalue weighted by molar-refractivity contribution is 6.29. The van der Waals surface area contributed by atoms with Gasteiger partial charge in [-0.25, -0.2) is 4.79 Å². The zero-order chi connectivity index (χ0) is 20.1. The molecule has 1 aromatic heterocycles. The molecule has 1 aliphatic heterocycles. The van der Waals surface area contributed by atoms with Crippen LogP contribution in [0, 0.1) is 0 Å². The number of anilines is 1. The quantitative estimate of drug-likeness (QED) is 0.760. The molecule has 1 atom stereocenters. The second-order valence-electron chi connectivity index (χ2n) is 7.68. The Morgan fingerprint density at radius 3 is 2.71 bits per heavy atom. The number of rotatable bonds is 4. The normalized spacial score (nSPS) is 17.1. The number of alkyl carbamates (subject to hydrolysis) is 1. The lowest BCUT2D eigenvalue weighted by molar-refractivity contribution is 0.0500. The molecule has 1 amide bonds. The van der Waals surface area contributed by atoms with E-state index in [-0.39, 0.29) is 12.1 Å². The van der Waals surface area contributed by atoms with Gasteiger partial charge in [0.1, 0.15) is 22.3 Å². The largest absolute Gasteiger partial charge is 0.444 e. The van der Waals surface area contributed by atoms with Crippen LogP contribution in [-0.2, 0) is 4.74 Å². The summed E-state index contributed by atoms with van der Waals surface area (Å²) in [5, 5.41) is 3.24. The maximum atomic E-state index is 12.1. The second kappa shape index (κ2) is 8.65. The molecular weight excluding hydrogens is 380 g/mol. The zero-order valence-corrected chi connectivity index (χ0v) is 17.1. The number of ether oxygens (including phenoxy) is 2. The van der Waals surface area contributed by atoms with Crippen LogP contribution in [-0.4, -0.2) is 40.8 Å². The summed E-state index contributed by atoms with van der Waals surface area (Å²) in [6.45, 7) is 6.95. The van der Waals surface area contributed by atoms with Gasteiger partial charge in [-0.2, -0.15) is 9.97 Å². The lowest BCUT2D eigenvalue weighted by atomic mass is 10.1. The Bertz CT molecular complexity index is 811. The van der Waals surface area contributed by atoms with Gasteiger partial charge in [-0.15, -0.1) is 0 Å². The number of piperidine rings is 1. The van der Waals surface area contributed by atoms with Gasteiger partial charge in [-0.3, -0.25) is 0 Å². The monoisotopic (exact) mass is 404 g/mol. The molecule has 2 aromatic rings. The van der Waals surface area contributed by atoms with Crippen molar-refractivity contribution in [2.45, 2.75) is 45.3 Å². The Labute approximate surface area is 170 Å². The first-order valence-electron chi connectivity index (χ1n) is 9.30. The van der Waals surface area contributed by atoms with E-state index in [0.29, 0.717) is 23.3 Å². The molecule has 0 spiro atoms. The molecule has 1 aromatic carbocycles. The van der Waals surface area contributed by atoms with Crippen LogP contribution in [0.25, 0.3) is 0 Å². The highest BCUT2D eigenvalue weighted by Crippen LogP contribution is 2.25. The number of carbonyl (C=O) groups is 1. The predicted octanol–water partition coefficient (Wildman–Crippen LogP) is 4.42. The fourth-order valence-corrected chi connectivity index (χ4v) is 3.13. The summed E-state index contributed by atoms with van der Waals surface area (Å²) in [5.41, 5.74) is -0.525. The van der Waals surface area contributed by atoms with Crippen molar-refractivity contribution in [2.24, 2.45) is 0 Å². The van der Waals surface area contributed by atoms with Crippen LogP contribution in [0.3, 0.4) is 0 Å². The first kappa shape index (κ1) is 20.2. The number of halogens is 1. The van der Waals surface area contributed by atoms with Crippen LogP contribution >= 0.6 is 11.6 Å². The van der Waals surface area contributed by atoms with Gasteiger partial charge in [0.2, 0.25) is 0 Å². The van der Waals surface area contributed by atoms with E-state index in [1.165, 1.54) is 0 Å². The van der Waals surface area contributed by atoms with Crippen molar-refractivity contribution in [3.63, 3.8) is 0 Å². The number of carbonyl (C=O) groups excluding carboxylic acids is 1. The molecule has 8 heteroatoms. The standard InChI is InChI=1S/C20H25ClN4O3/c1-20(2,3)28-19(26)22-14-8-7-11-25(13-14)17-12-16(21)23-18(24-17)27-15-9-5-4-6-10-15/h4-6,9-10,12,14H,7-8,11,13H2,1-3H3,(H,22,26)/t14-/m1/s1. The van der Waals surface area contributed by atoms with Crippen LogP contribution < -0.4 is 15.0 Å². The third-order valence-corrected chi connectivity index (χ3v) is 4.27. The van der Waals surface area contributed by atoms with Crippen molar-refractivity contribution in [1.29, 1.82) is 0 Å². The fourth-order valence-electron chi connectivity index (χ4n) is 2.96. The molecule has 28 heavy (non-hydrogen) atoms. The average molecular weight is 405 g/mol. The summed E-state index contributed by atoms with van der Waals surface area (Å²) >= 11 is 6.18. The Morgan fingerprint density at radius 2 is 2.00 bits per heavy atom. The van der Waals surface area contributed by atoms with Gasteiger partial charge in [0.25, 0.3) is 0 Å². The van der Waals surface area contributed by atoms with Crippen molar-refractivity contribution in [1.82, 2.24) is 15.3 Å². The predicted molar refractivity (Wildman–Crippen MR) is 108 cm³/mol. The van der Waals surface area contributed by atoms with E-state index in [1.54, 1.807) is 6.07 Å². The number of nitrogens with one attached hydrogen (secondary N) is 1. The molecule has 1 N–H and O–H groups in total. The Morgan fingerprint density at radius 1 is 1.25 bits per heavy atom. The number of aromatic nitrogens is 2. The van der Waals surface area contributed by atoms with Crippen LogP contribution in [0.5, 0.6) is 11.8 Å². The summed E-state index contributed by atoms with van der Waals surface area (Å²) in [6.07, 6.45) is 1.38. The molecular formula is C20H25ClN4O3. The summed E-state index contributed by atoms with van der Waals surface area (Å²) < 4.78 is 11.1. The van der Waals surface area contributed by atoms with Crippen molar-refractivity contribution in [2.75, 3.05) is 18.0 Å². The molecule has 0 saturated carbocycles. The minimum atomic E-state index is -0.525. The SMILES string of the molecule is CC(C)(C)OC(=O)N[C@@H]1CCCN(c2cc(Cl)nc(Oc3ccccc3)n2)C1. The molecule has 150 valence electrons. The second-order valence-corrected chi connectivity index (χ2v) is 8.07. The van der Waals surface area contributed by atoms with Crippen molar-refractivity contribution < 1.29 is 14.3 Å². The molecule has 1 saturated heterocycles. The molecule has 3 rings (SSSR count). The smallest absolute Gasteiger partial charge is 0.407 e. The first-order valence-corrected chi connectivity index (χ1v) is 9.68. The molecule has 7 nitrogen and oxygen atoms in total. The van der Waals surface area contributed by atoms with E-state index >= 15 is 0 Å². The third kappa shape index (κ3) is 5.99. The highest BCUT2D eigenvalue weighted by atomic mass is 35.5. The fraction of sp³-hybridized carbons (Fsp3) is 0.450. The van der Waals surface area contributed by atoms with Crippen LogP contribution in [0.4, 0.5) is 10.6 Å². The maximum Gasteiger partial charge on any atom is 0.407 e.